The van der Waals surface area contributed by atoms with Crippen molar-refractivity contribution in [2.24, 2.45) is 11.8 Å². The number of carbonyl (C=O) groups is 1. The van der Waals surface area contributed by atoms with Crippen LogP contribution in [0.1, 0.15) is 18.4 Å². The minimum Gasteiger partial charge on any atom is -0.389 e. The number of nitriles is 1. The van der Waals surface area contributed by atoms with E-state index in [0.717, 1.165) is 0 Å². The van der Waals surface area contributed by atoms with Gasteiger partial charge in [-0.2, -0.15) is 5.26 Å². The summed E-state index contributed by atoms with van der Waals surface area (Å²) in [6.07, 6.45) is 1.30. The molecule has 0 unspecified atom stereocenters. The van der Waals surface area contributed by atoms with Gasteiger partial charge >= 0.3 is 6.03 Å². The van der Waals surface area contributed by atoms with E-state index in [-0.39, 0.29) is 23.9 Å². The molecule has 3 fully saturated rings. The molecule has 1 aromatic carbocycles. The van der Waals surface area contributed by atoms with Gasteiger partial charge in [0.25, 0.3) is 0 Å². The number of benzene rings is 1. The monoisotopic (exact) mass is 357 g/mol. The smallest absolute Gasteiger partial charge is 0.322 e. The number of piperidine rings is 1. The lowest BCUT2D eigenvalue weighted by Gasteiger charge is -2.56. The molecule has 0 spiro atoms. The summed E-state index contributed by atoms with van der Waals surface area (Å²) in [5.41, 5.74) is 0.264. The van der Waals surface area contributed by atoms with Crippen LogP contribution in [-0.2, 0) is 9.47 Å². The Morgan fingerprint density at radius 2 is 2.19 bits per heavy atom. The molecule has 4 atom stereocenters. The Hall–Kier alpha value is -2.14. The van der Waals surface area contributed by atoms with Crippen molar-refractivity contribution in [1.82, 2.24) is 4.90 Å². The van der Waals surface area contributed by atoms with Gasteiger partial charge in [0.05, 0.1) is 30.4 Å². The van der Waals surface area contributed by atoms with Gasteiger partial charge in [-0.15, -0.1) is 0 Å². The molecule has 7 nitrogen and oxygen atoms in total. The number of hydrogen-bond acceptors (Lipinski definition) is 5. The second kappa shape index (κ2) is 6.88. The van der Waals surface area contributed by atoms with Gasteiger partial charge in [0.1, 0.15) is 0 Å². The molecular formula is C19H23N3O4. The molecule has 2 N–H and O–H groups in total. The quantitative estimate of drug-likeness (QED) is 0.796. The van der Waals surface area contributed by atoms with Crippen LogP contribution in [0.15, 0.2) is 24.3 Å². The van der Waals surface area contributed by atoms with Crippen molar-refractivity contribution in [1.29, 1.82) is 5.26 Å². The van der Waals surface area contributed by atoms with Gasteiger partial charge in [-0.25, -0.2) is 4.79 Å². The van der Waals surface area contributed by atoms with Crippen molar-refractivity contribution in [3.63, 3.8) is 0 Å². The first kappa shape index (κ1) is 17.3. The van der Waals surface area contributed by atoms with Crippen LogP contribution >= 0.6 is 0 Å². The highest BCUT2D eigenvalue weighted by atomic mass is 16.5. The van der Waals surface area contributed by atoms with Gasteiger partial charge in [-0.05, 0) is 24.6 Å². The van der Waals surface area contributed by atoms with E-state index in [1.54, 1.807) is 24.3 Å². The summed E-state index contributed by atoms with van der Waals surface area (Å²) in [5, 5.41) is 23.2. The van der Waals surface area contributed by atoms with Crippen LogP contribution in [0, 0.1) is 23.2 Å². The average Bonchev–Trinajstić information content (AvgIpc) is 2.67. The topological polar surface area (TPSA) is 94.8 Å². The molecule has 3 aliphatic heterocycles. The Bertz CT molecular complexity index is 734. The van der Waals surface area contributed by atoms with E-state index in [1.807, 2.05) is 4.90 Å². The van der Waals surface area contributed by atoms with Gasteiger partial charge in [-0.1, -0.05) is 6.07 Å². The second-order valence-corrected chi connectivity index (χ2v) is 7.33. The Labute approximate surface area is 152 Å². The summed E-state index contributed by atoms with van der Waals surface area (Å²) in [7, 11) is 0. The molecule has 0 aliphatic carbocycles. The van der Waals surface area contributed by atoms with E-state index in [4.69, 9.17) is 14.7 Å². The van der Waals surface area contributed by atoms with Crippen LogP contribution in [0.4, 0.5) is 10.5 Å². The molecule has 26 heavy (non-hydrogen) atoms. The molecule has 1 aromatic rings. The number of carbonyl (C=O) groups excluding carboxylic acids is 1. The molecule has 4 rings (SSSR count). The van der Waals surface area contributed by atoms with E-state index in [1.165, 1.54) is 0 Å². The lowest BCUT2D eigenvalue weighted by atomic mass is 9.66. The molecule has 3 saturated heterocycles. The predicted molar refractivity (Wildman–Crippen MR) is 93.5 cm³/mol. The van der Waals surface area contributed by atoms with E-state index >= 15 is 0 Å². The summed E-state index contributed by atoms with van der Waals surface area (Å²) in [4.78, 5) is 14.8. The first-order valence-electron chi connectivity index (χ1n) is 9.07. The number of rotatable bonds is 1. The van der Waals surface area contributed by atoms with E-state index in [9.17, 15) is 9.90 Å². The minimum atomic E-state index is -0.832. The molecule has 0 bridgehead atoms. The number of amides is 2. The zero-order valence-electron chi connectivity index (χ0n) is 14.6. The number of likely N-dealkylation sites (tertiary alicyclic amines) is 1. The summed E-state index contributed by atoms with van der Waals surface area (Å²) >= 11 is 0. The maximum absolute atomic E-state index is 13.0. The van der Waals surface area contributed by atoms with Crippen LogP contribution in [0.25, 0.3) is 0 Å². The third kappa shape index (κ3) is 2.94. The van der Waals surface area contributed by atoms with Crippen LogP contribution in [-0.4, -0.2) is 60.7 Å². The lowest BCUT2D eigenvalue weighted by molar-refractivity contribution is -0.211. The summed E-state index contributed by atoms with van der Waals surface area (Å²) in [6, 6.07) is 8.69. The van der Waals surface area contributed by atoms with E-state index in [2.05, 4.69) is 11.4 Å². The highest BCUT2D eigenvalue weighted by molar-refractivity contribution is 5.90. The van der Waals surface area contributed by atoms with Gasteiger partial charge in [0, 0.05) is 49.7 Å². The van der Waals surface area contributed by atoms with Crippen molar-refractivity contribution in [3.05, 3.63) is 29.8 Å². The van der Waals surface area contributed by atoms with Crippen LogP contribution in [0.2, 0.25) is 0 Å². The number of hydrogen-bond donors (Lipinski definition) is 2. The predicted octanol–water partition coefficient (Wildman–Crippen LogP) is 1.58. The SMILES string of the molecule is N#Cc1cccc(NC(=O)N2C[C@H]3COCC[C@@]3(O)[C@@H]3COCC[C@@H]32)c1. The number of fused-ring (bicyclic) bond motifs is 3. The summed E-state index contributed by atoms with van der Waals surface area (Å²) in [5.74, 6) is -0.217. The average molecular weight is 357 g/mol. The van der Waals surface area contributed by atoms with Crippen molar-refractivity contribution in [2.75, 3.05) is 38.3 Å². The Morgan fingerprint density at radius 3 is 3.04 bits per heavy atom. The molecule has 0 radical (unpaired) electrons. The highest BCUT2D eigenvalue weighted by Gasteiger charge is 2.56. The van der Waals surface area contributed by atoms with Gasteiger partial charge in [-0.3, -0.25) is 0 Å². The molecule has 3 aliphatic rings. The number of nitrogens with zero attached hydrogens (tertiary/aromatic N) is 2. The summed E-state index contributed by atoms with van der Waals surface area (Å²) in [6.45, 7) is 2.51. The van der Waals surface area contributed by atoms with Crippen LogP contribution < -0.4 is 5.32 Å². The van der Waals surface area contributed by atoms with Crippen molar-refractivity contribution in [2.45, 2.75) is 24.5 Å². The van der Waals surface area contributed by atoms with Gasteiger partial charge < -0.3 is 24.8 Å². The van der Waals surface area contributed by atoms with Crippen molar-refractivity contribution in [3.8, 4) is 6.07 Å². The number of anilines is 1. The number of ether oxygens (including phenoxy) is 2. The Kier molecular flexibility index (Phi) is 4.57. The van der Waals surface area contributed by atoms with E-state index in [0.29, 0.717) is 57.1 Å². The molecular weight excluding hydrogens is 334 g/mol. The molecule has 138 valence electrons. The molecule has 0 aromatic heterocycles. The van der Waals surface area contributed by atoms with Gasteiger partial charge in [0.2, 0.25) is 0 Å². The van der Waals surface area contributed by atoms with Crippen molar-refractivity contribution >= 4 is 11.7 Å². The lowest BCUT2D eigenvalue weighted by Crippen LogP contribution is -2.69. The second-order valence-electron chi connectivity index (χ2n) is 7.33. The minimum absolute atomic E-state index is 0.0535. The first-order valence-corrected chi connectivity index (χ1v) is 9.07. The largest absolute Gasteiger partial charge is 0.389 e. The fraction of sp³-hybridized carbons (Fsp3) is 0.579. The number of aliphatic hydroxyl groups is 1. The standard InChI is InChI=1S/C19H23N3O4/c20-9-13-2-1-3-15(8-13)21-18(23)22-10-14-11-26-7-5-19(14,24)16-12-25-6-4-17(16)22/h1-3,8,14,16-17,24H,4-7,10-12H2,(H,21,23)/t14-,16+,17-,19-/m0/s1. The number of nitrogens with one attached hydrogen (secondary N) is 1. The Morgan fingerprint density at radius 1 is 1.35 bits per heavy atom. The number of urea groups is 1. The normalized spacial score (nSPS) is 33.5. The maximum atomic E-state index is 13.0. The van der Waals surface area contributed by atoms with Crippen LogP contribution in [0.3, 0.4) is 0 Å². The van der Waals surface area contributed by atoms with Crippen molar-refractivity contribution < 1.29 is 19.4 Å². The zero-order chi connectivity index (χ0) is 18.1. The molecule has 2 amide bonds. The fourth-order valence-electron chi connectivity index (χ4n) is 4.55. The van der Waals surface area contributed by atoms with E-state index < -0.39 is 5.60 Å². The molecule has 0 saturated carbocycles. The third-order valence-corrected chi connectivity index (χ3v) is 5.96. The molecule has 3 heterocycles. The zero-order valence-corrected chi connectivity index (χ0v) is 14.6. The highest BCUT2D eigenvalue weighted by Crippen LogP contribution is 2.44. The Balaban J connectivity index is 1.56. The maximum Gasteiger partial charge on any atom is 0.322 e. The third-order valence-electron chi connectivity index (χ3n) is 5.96. The summed E-state index contributed by atoms with van der Waals surface area (Å²) < 4.78 is 11.2. The van der Waals surface area contributed by atoms with Crippen LogP contribution in [0.5, 0.6) is 0 Å². The fourth-order valence-corrected chi connectivity index (χ4v) is 4.55. The first-order chi connectivity index (χ1) is 12.6. The van der Waals surface area contributed by atoms with Gasteiger partial charge in [0.15, 0.2) is 0 Å². The molecule has 7 heteroatoms.